The van der Waals surface area contributed by atoms with E-state index in [4.69, 9.17) is 4.74 Å². The summed E-state index contributed by atoms with van der Waals surface area (Å²) in [6, 6.07) is 8.88. The smallest absolute Gasteiger partial charge is 0.241 e. The molecule has 0 saturated carbocycles. The molecule has 0 aliphatic carbocycles. The number of ether oxygens (including phenoxy) is 1. The summed E-state index contributed by atoms with van der Waals surface area (Å²) in [5.41, 5.74) is -1.31. The Balaban J connectivity index is 1.83. The van der Waals surface area contributed by atoms with Gasteiger partial charge in [0.1, 0.15) is 5.60 Å². The molecular weight excluding hydrogens is 270 g/mol. The van der Waals surface area contributed by atoms with Crippen LogP contribution in [0.5, 0.6) is 0 Å². The first kappa shape index (κ1) is 12.7. The third kappa shape index (κ3) is 1.37. The Bertz CT molecular complexity index is 670. The summed E-state index contributed by atoms with van der Waals surface area (Å²) in [6.45, 7) is 1.49. The first-order valence-electron chi connectivity index (χ1n) is 6.97. The monoisotopic (exact) mass is 285 g/mol. The Morgan fingerprint density at radius 3 is 2.48 bits per heavy atom. The molecule has 3 aliphatic rings. The molecule has 1 N–H and O–H groups in total. The van der Waals surface area contributed by atoms with Crippen molar-refractivity contribution in [3.8, 4) is 0 Å². The number of aliphatic hydroxyl groups excluding tert-OH is 1. The second-order valence-electron chi connectivity index (χ2n) is 6.04. The van der Waals surface area contributed by atoms with E-state index in [0.29, 0.717) is 5.69 Å². The zero-order valence-corrected chi connectivity index (χ0v) is 11.5. The molecule has 0 spiro atoms. The van der Waals surface area contributed by atoms with Crippen molar-refractivity contribution in [3.05, 3.63) is 42.5 Å². The van der Waals surface area contributed by atoms with Crippen molar-refractivity contribution in [2.45, 2.75) is 18.1 Å². The first-order valence-corrected chi connectivity index (χ1v) is 6.97. The van der Waals surface area contributed by atoms with Crippen LogP contribution in [0.25, 0.3) is 0 Å². The molecule has 5 nitrogen and oxygen atoms in total. The summed E-state index contributed by atoms with van der Waals surface area (Å²) in [5.74, 6) is -1.76. The van der Waals surface area contributed by atoms with Crippen molar-refractivity contribution in [1.82, 2.24) is 0 Å². The molecule has 4 atom stereocenters. The molecule has 4 rings (SSSR count). The number of para-hydroxylation sites is 1. The van der Waals surface area contributed by atoms with Gasteiger partial charge in [0, 0.05) is 0 Å². The van der Waals surface area contributed by atoms with Gasteiger partial charge in [-0.3, -0.25) is 9.59 Å². The maximum Gasteiger partial charge on any atom is 0.241 e. The van der Waals surface area contributed by atoms with Crippen LogP contribution in [0.15, 0.2) is 42.5 Å². The Morgan fingerprint density at radius 2 is 1.81 bits per heavy atom. The average Bonchev–Trinajstić information content (AvgIpc) is 3.06. The number of anilines is 1. The number of nitrogens with zero attached hydrogens (tertiary/aromatic N) is 1. The molecular formula is C16H15NO4. The fourth-order valence-electron chi connectivity index (χ4n) is 3.87. The lowest BCUT2D eigenvalue weighted by Gasteiger charge is -2.26. The number of rotatable bonds is 2. The van der Waals surface area contributed by atoms with Gasteiger partial charge in [-0.1, -0.05) is 30.4 Å². The van der Waals surface area contributed by atoms with E-state index >= 15 is 0 Å². The van der Waals surface area contributed by atoms with Crippen LogP contribution in [0.1, 0.15) is 6.92 Å². The van der Waals surface area contributed by atoms with Gasteiger partial charge in [0.15, 0.2) is 0 Å². The number of carbonyl (C=O) groups excluding carboxylic acids is 2. The van der Waals surface area contributed by atoms with Gasteiger partial charge in [0.05, 0.1) is 29.7 Å². The van der Waals surface area contributed by atoms with Crippen molar-refractivity contribution in [1.29, 1.82) is 0 Å². The lowest BCUT2D eigenvalue weighted by Crippen LogP contribution is -2.43. The first-order chi connectivity index (χ1) is 10.0. The van der Waals surface area contributed by atoms with Gasteiger partial charge in [0.25, 0.3) is 0 Å². The second kappa shape index (κ2) is 3.81. The van der Waals surface area contributed by atoms with E-state index in [0.717, 1.165) is 0 Å². The van der Waals surface area contributed by atoms with E-state index in [1.54, 1.807) is 43.3 Å². The number of imide groups is 1. The maximum absolute atomic E-state index is 12.8. The van der Waals surface area contributed by atoms with Crippen LogP contribution in [0.2, 0.25) is 0 Å². The zero-order valence-electron chi connectivity index (χ0n) is 11.5. The number of hydrogen-bond donors (Lipinski definition) is 1. The quantitative estimate of drug-likeness (QED) is 0.647. The molecule has 4 unspecified atom stereocenters. The molecule has 2 bridgehead atoms. The predicted molar refractivity (Wildman–Crippen MR) is 74.4 cm³/mol. The molecule has 108 valence electrons. The molecule has 5 heteroatoms. The van der Waals surface area contributed by atoms with Crippen molar-refractivity contribution >= 4 is 17.5 Å². The molecule has 2 amide bonds. The van der Waals surface area contributed by atoms with Crippen LogP contribution >= 0.6 is 0 Å². The highest BCUT2D eigenvalue weighted by Crippen LogP contribution is 2.57. The number of fused-ring (bicyclic) bond motifs is 5. The molecule has 3 aliphatic heterocycles. The van der Waals surface area contributed by atoms with Crippen LogP contribution in [0.4, 0.5) is 5.69 Å². The van der Waals surface area contributed by atoms with Gasteiger partial charge in [-0.05, 0) is 19.1 Å². The summed E-state index contributed by atoms with van der Waals surface area (Å²) in [7, 11) is 0. The van der Waals surface area contributed by atoms with Gasteiger partial charge in [-0.25, -0.2) is 4.90 Å². The molecule has 0 aromatic heterocycles. The third-order valence-electron chi connectivity index (χ3n) is 4.82. The number of amides is 2. The molecule has 1 aromatic rings. The number of aliphatic hydroxyl groups is 1. The summed E-state index contributed by atoms with van der Waals surface area (Å²) < 4.78 is 5.86. The number of benzene rings is 1. The van der Waals surface area contributed by atoms with Crippen molar-refractivity contribution in [2.24, 2.45) is 11.8 Å². The van der Waals surface area contributed by atoms with Gasteiger partial charge < -0.3 is 9.84 Å². The standard InChI is InChI=1S/C16H15NO4/c1-15-7-8-16(9-18,21-15)12-11(15)13(19)17(14(12)20)10-5-3-2-4-6-10/h2-8,11-12,18H,9H2,1H3. The van der Waals surface area contributed by atoms with Gasteiger partial charge in [0.2, 0.25) is 11.8 Å². The van der Waals surface area contributed by atoms with Crippen LogP contribution in [-0.4, -0.2) is 34.7 Å². The highest BCUT2D eigenvalue weighted by atomic mass is 16.5. The second-order valence-corrected chi connectivity index (χ2v) is 6.04. The van der Waals surface area contributed by atoms with E-state index < -0.39 is 23.0 Å². The number of hydrogen-bond acceptors (Lipinski definition) is 4. The van der Waals surface area contributed by atoms with E-state index in [-0.39, 0.29) is 18.4 Å². The topological polar surface area (TPSA) is 66.8 Å². The fourth-order valence-corrected chi connectivity index (χ4v) is 3.87. The van der Waals surface area contributed by atoms with Crippen LogP contribution in [0.3, 0.4) is 0 Å². The SMILES string of the molecule is CC12C=CC(CO)(O1)C1C(=O)N(c3ccccc3)C(=O)C12. The minimum Gasteiger partial charge on any atom is -0.393 e. The molecule has 21 heavy (non-hydrogen) atoms. The summed E-state index contributed by atoms with van der Waals surface area (Å²) in [6.07, 6.45) is 3.53. The minimum absolute atomic E-state index is 0.252. The molecule has 1 aromatic carbocycles. The van der Waals surface area contributed by atoms with Crippen molar-refractivity contribution < 1.29 is 19.4 Å². The van der Waals surface area contributed by atoms with E-state index in [2.05, 4.69) is 0 Å². The normalized spacial score (nSPS) is 40.2. The van der Waals surface area contributed by atoms with E-state index in [9.17, 15) is 14.7 Å². The molecule has 2 saturated heterocycles. The van der Waals surface area contributed by atoms with Crippen LogP contribution in [0, 0.1) is 11.8 Å². The number of carbonyl (C=O) groups is 2. The molecule has 0 radical (unpaired) electrons. The Morgan fingerprint density at radius 1 is 1.14 bits per heavy atom. The van der Waals surface area contributed by atoms with E-state index in [1.807, 2.05) is 6.07 Å². The molecule has 2 fully saturated rings. The lowest BCUT2D eigenvalue weighted by atomic mass is 9.73. The highest BCUT2D eigenvalue weighted by Gasteiger charge is 2.72. The minimum atomic E-state index is -1.06. The summed E-state index contributed by atoms with van der Waals surface area (Å²) >= 11 is 0. The van der Waals surface area contributed by atoms with Crippen molar-refractivity contribution in [3.63, 3.8) is 0 Å². The summed E-state index contributed by atoms with van der Waals surface area (Å²) in [4.78, 5) is 26.8. The van der Waals surface area contributed by atoms with E-state index in [1.165, 1.54) is 4.90 Å². The molecule has 3 heterocycles. The van der Waals surface area contributed by atoms with Gasteiger partial charge in [-0.2, -0.15) is 0 Å². The third-order valence-corrected chi connectivity index (χ3v) is 4.82. The Labute approximate surface area is 121 Å². The maximum atomic E-state index is 12.8. The fraction of sp³-hybridized carbons (Fsp3) is 0.375. The predicted octanol–water partition coefficient (Wildman–Crippen LogP) is 0.882. The van der Waals surface area contributed by atoms with Gasteiger partial charge >= 0.3 is 0 Å². The van der Waals surface area contributed by atoms with Gasteiger partial charge in [-0.15, -0.1) is 0 Å². The van der Waals surface area contributed by atoms with Crippen LogP contribution in [-0.2, 0) is 14.3 Å². The zero-order chi connectivity index (χ0) is 14.8. The summed E-state index contributed by atoms with van der Waals surface area (Å²) in [5, 5.41) is 9.71. The largest absolute Gasteiger partial charge is 0.393 e. The highest BCUT2D eigenvalue weighted by molar-refractivity contribution is 6.23. The Hall–Kier alpha value is -1.98. The van der Waals surface area contributed by atoms with Crippen LogP contribution < -0.4 is 4.90 Å². The average molecular weight is 285 g/mol. The van der Waals surface area contributed by atoms with Crippen molar-refractivity contribution in [2.75, 3.05) is 11.5 Å². The Kier molecular flexibility index (Phi) is 2.31. The lowest BCUT2D eigenvalue weighted by molar-refractivity contribution is -0.131.